The molecular weight excluding hydrogens is 881 g/mol. The summed E-state index contributed by atoms with van der Waals surface area (Å²) >= 11 is 1.95. The summed E-state index contributed by atoms with van der Waals surface area (Å²) in [5, 5.41) is 13.6. The maximum Gasteiger partial charge on any atom is 0.162 e. The van der Waals surface area contributed by atoms with Crippen LogP contribution in [0.15, 0.2) is 48.5 Å². The van der Waals surface area contributed by atoms with Crippen LogP contribution < -0.4 is 9.69 Å². The molecule has 4 rings (SSSR count). The first-order valence-corrected chi connectivity index (χ1v) is 26.9. The van der Waals surface area contributed by atoms with Gasteiger partial charge in [-0.15, -0.1) is 40.1 Å². The van der Waals surface area contributed by atoms with Crippen molar-refractivity contribution in [3.63, 3.8) is 0 Å². The van der Waals surface area contributed by atoms with Crippen LogP contribution in [0, 0.1) is 42.6 Å². The Morgan fingerprint density at radius 2 is 1.42 bits per heavy atom. The van der Waals surface area contributed by atoms with E-state index in [9.17, 15) is 9.90 Å². The zero-order valence-electron chi connectivity index (χ0n) is 36.3. The summed E-state index contributed by atoms with van der Waals surface area (Å²) in [6.07, 6.45) is 5.02. The number of ketones is 1. The zero-order valence-corrected chi connectivity index (χ0v) is 40.5. The molecular formula is C45H69IrN2O2SSi2-. The molecule has 0 aliphatic rings. The van der Waals surface area contributed by atoms with Crippen LogP contribution in [-0.2, 0) is 24.9 Å². The average Bonchev–Trinajstić information content (AvgIpc) is 3.40. The van der Waals surface area contributed by atoms with Gasteiger partial charge in [0.1, 0.15) is 15.7 Å². The Morgan fingerprint density at radius 1 is 0.887 bits per heavy atom. The minimum Gasteiger partial charge on any atom is -0.512 e. The summed E-state index contributed by atoms with van der Waals surface area (Å²) in [7, 11) is -3.46. The first-order valence-electron chi connectivity index (χ1n) is 20.5. The molecule has 0 saturated carbocycles. The van der Waals surface area contributed by atoms with Crippen LogP contribution in [0.1, 0.15) is 102 Å². The number of aromatic nitrogens is 2. The number of aryl methyl sites for hydroxylation is 1. The Morgan fingerprint density at radius 3 is 1.91 bits per heavy atom. The molecule has 0 bridgehead atoms. The molecule has 1 N–H and O–H groups in total. The van der Waals surface area contributed by atoms with E-state index in [0.717, 1.165) is 52.5 Å². The maximum atomic E-state index is 11.7. The van der Waals surface area contributed by atoms with Gasteiger partial charge in [0.2, 0.25) is 0 Å². The Hall–Kier alpha value is -1.97. The number of hydrogen-bond donors (Lipinski definition) is 1. The normalized spacial score (nSPS) is 13.0. The van der Waals surface area contributed by atoms with Crippen molar-refractivity contribution in [3.8, 4) is 11.3 Å². The van der Waals surface area contributed by atoms with E-state index in [0.29, 0.717) is 17.8 Å². The number of nitrogens with zero attached hydrogens (tertiary/aromatic N) is 2. The zero-order chi connectivity index (χ0) is 39.8. The average molecular weight is 952 g/mol. The van der Waals surface area contributed by atoms with Crippen LogP contribution >= 0.6 is 11.3 Å². The van der Waals surface area contributed by atoms with Gasteiger partial charge in [-0.2, -0.15) is 0 Å². The van der Waals surface area contributed by atoms with Gasteiger partial charge in [0.25, 0.3) is 0 Å². The Balaban J connectivity index is 0.000000536. The summed E-state index contributed by atoms with van der Waals surface area (Å²) in [4.78, 5) is 21.3. The third-order valence-corrected chi connectivity index (χ3v) is 21.3. The fourth-order valence-electron chi connectivity index (χ4n) is 8.29. The van der Waals surface area contributed by atoms with Crippen molar-refractivity contribution in [1.29, 1.82) is 0 Å². The van der Waals surface area contributed by atoms with Gasteiger partial charge in [-0.05, 0) is 60.4 Å². The maximum absolute atomic E-state index is 11.7. The Kier molecular flexibility index (Phi) is 17.8. The fourth-order valence-corrected chi connectivity index (χ4v) is 19.5. The van der Waals surface area contributed by atoms with Gasteiger partial charge in [0.15, 0.2) is 5.78 Å². The van der Waals surface area contributed by atoms with Gasteiger partial charge >= 0.3 is 0 Å². The quantitative estimate of drug-likeness (QED) is 0.0526. The molecule has 2 aromatic carbocycles. The minimum absolute atomic E-state index is 0. The molecule has 0 fully saturated rings. The molecule has 1 radical (unpaired) electrons. The second-order valence-corrected chi connectivity index (χ2v) is 28.1. The summed E-state index contributed by atoms with van der Waals surface area (Å²) in [5.74, 6) is 2.53. The van der Waals surface area contributed by atoms with E-state index < -0.39 is 16.1 Å². The van der Waals surface area contributed by atoms with Crippen LogP contribution in [0.4, 0.5) is 0 Å². The largest absolute Gasteiger partial charge is 0.512 e. The number of aliphatic hydroxyl groups is 1. The molecule has 0 unspecified atom stereocenters. The molecule has 0 saturated heterocycles. The third-order valence-electron chi connectivity index (χ3n) is 10.5. The third kappa shape index (κ3) is 12.0. The van der Waals surface area contributed by atoms with Crippen LogP contribution in [0.3, 0.4) is 0 Å². The second-order valence-electron chi connectivity index (χ2n) is 17.4. The van der Waals surface area contributed by atoms with Gasteiger partial charge in [-0.3, -0.25) is 9.78 Å². The summed E-state index contributed by atoms with van der Waals surface area (Å²) in [5.41, 5.74) is 4.20. The molecule has 0 amide bonds. The van der Waals surface area contributed by atoms with Crippen LogP contribution in [0.25, 0.3) is 32.2 Å². The predicted molar refractivity (Wildman–Crippen MR) is 235 cm³/mol. The van der Waals surface area contributed by atoms with Gasteiger partial charge in [0.05, 0.1) is 19.3 Å². The fraction of sp³-hybridized carbons (Fsp3) is 0.578. The smallest absolute Gasteiger partial charge is 0.162 e. The number of fused-ring (bicyclic) bond motifs is 2. The van der Waals surface area contributed by atoms with Gasteiger partial charge in [-0.1, -0.05) is 136 Å². The molecule has 0 atom stereocenters. The molecule has 0 spiro atoms. The summed E-state index contributed by atoms with van der Waals surface area (Å²) in [6.45, 7) is 31.9. The number of aliphatic hydroxyl groups excluding tert-OH is 1. The van der Waals surface area contributed by atoms with Crippen molar-refractivity contribution in [2.24, 2.45) is 29.6 Å². The standard InChI is InChI=1S/C32H45N2SSi2.C13H24O2.Ir/c1-21(2)17-37(18-22(3)4,19-23(5)6)32-24(7)29-31(35-32)30(34-20-33-29)26-15-25-13-11-12-14-27(25)28(16-26)36(8,9)10;1-5-10(6-2)12(14)9-13(15)11(7-3)8-4;/h11-14,16,20-23H,17-19H2,1-10H3;9-11,14H,5-8H2,1-4H3;/q-1;;/b;12-9-;/i20D;;. The molecule has 4 nitrogen and oxygen atoms in total. The SMILES string of the molecule is CCC(CC)C(=O)/C=C(\O)C(CC)CC.[2H]c1nc(-c2[c-]c3ccccc3c([Si](C)(C)C)c2)c2sc([Si](CC(C)C)(CC(C)C)CC(C)C)c(C)c2n1.[Ir]. The van der Waals surface area contributed by atoms with Gasteiger partial charge in [-0.25, -0.2) is 4.98 Å². The molecule has 8 heteroatoms. The second kappa shape index (κ2) is 20.8. The topological polar surface area (TPSA) is 63.1 Å². The van der Waals surface area contributed by atoms with E-state index in [1.165, 1.54) is 40.3 Å². The van der Waals surface area contributed by atoms with E-state index in [4.69, 9.17) is 11.3 Å². The van der Waals surface area contributed by atoms with E-state index in [2.05, 4.69) is 105 Å². The molecule has 2 heterocycles. The Labute approximate surface area is 343 Å². The van der Waals surface area contributed by atoms with Crippen molar-refractivity contribution < 1.29 is 31.4 Å². The van der Waals surface area contributed by atoms with Crippen molar-refractivity contribution in [1.82, 2.24) is 9.97 Å². The molecule has 53 heavy (non-hydrogen) atoms. The first kappa shape index (κ1) is 45.4. The number of rotatable bonds is 16. The number of allylic oxidation sites excluding steroid dienone is 2. The van der Waals surface area contributed by atoms with Crippen LogP contribution in [0.2, 0.25) is 37.8 Å². The van der Waals surface area contributed by atoms with E-state index in [-0.39, 0.29) is 49.8 Å². The minimum atomic E-state index is -1.83. The summed E-state index contributed by atoms with van der Waals surface area (Å²) < 4.78 is 11.3. The van der Waals surface area contributed by atoms with E-state index in [1.807, 2.05) is 39.0 Å². The number of benzene rings is 2. The molecule has 295 valence electrons. The van der Waals surface area contributed by atoms with Crippen molar-refractivity contribution in [2.45, 2.75) is 140 Å². The monoisotopic (exact) mass is 951 g/mol. The number of carbonyl (C=O) groups is 1. The van der Waals surface area contributed by atoms with Gasteiger partial charge < -0.3 is 5.11 Å². The molecule has 4 aromatic rings. The van der Waals surface area contributed by atoms with Crippen molar-refractivity contribution in [2.75, 3.05) is 0 Å². The predicted octanol–water partition coefficient (Wildman–Crippen LogP) is 12.7. The van der Waals surface area contributed by atoms with E-state index >= 15 is 0 Å². The summed E-state index contributed by atoms with van der Waals surface area (Å²) in [6, 6.07) is 18.6. The molecule has 0 aliphatic heterocycles. The van der Waals surface area contributed by atoms with Crippen molar-refractivity contribution in [3.05, 3.63) is 60.1 Å². The van der Waals surface area contributed by atoms with E-state index in [1.54, 1.807) is 4.50 Å². The number of hydrogen-bond acceptors (Lipinski definition) is 5. The molecule has 2 aromatic heterocycles. The molecule has 0 aliphatic carbocycles. The van der Waals surface area contributed by atoms with Crippen molar-refractivity contribution >= 4 is 63.9 Å². The number of thiophene rings is 1. The van der Waals surface area contributed by atoms with Crippen LogP contribution in [0.5, 0.6) is 0 Å². The first-order chi connectivity index (χ1) is 24.8. The number of carbonyl (C=O) groups excluding carboxylic acids is 1. The van der Waals surface area contributed by atoms with Crippen LogP contribution in [-0.4, -0.2) is 37.0 Å². The van der Waals surface area contributed by atoms with Gasteiger partial charge in [0, 0.05) is 48.4 Å². The Bertz CT molecular complexity index is 1830.